The van der Waals surface area contributed by atoms with Crippen LogP contribution in [0.15, 0.2) is 12.1 Å². The van der Waals surface area contributed by atoms with Crippen molar-refractivity contribution in [3.8, 4) is 0 Å². The summed E-state index contributed by atoms with van der Waals surface area (Å²) >= 11 is 2.39. The van der Waals surface area contributed by atoms with E-state index in [1.807, 2.05) is 0 Å². The Balaban J connectivity index is 2.47. The highest BCUT2D eigenvalue weighted by atomic mass is 127. The summed E-state index contributed by atoms with van der Waals surface area (Å²) in [5.74, 6) is 0. The van der Waals surface area contributed by atoms with Gasteiger partial charge in [-0.1, -0.05) is 0 Å². The van der Waals surface area contributed by atoms with Gasteiger partial charge in [-0.2, -0.15) is 0 Å². The van der Waals surface area contributed by atoms with E-state index in [-0.39, 0.29) is 0 Å². The molecule has 0 saturated heterocycles. The average molecular weight is 287 g/mol. The van der Waals surface area contributed by atoms with E-state index in [0.29, 0.717) is 6.04 Å². The Morgan fingerprint density at radius 2 is 2.23 bits per heavy atom. The molecule has 0 aliphatic carbocycles. The fourth-order valence-electron chi connectivity index (χ4n) is 1.91. The average Bonchev–Trinajstić information content (AvgIpc) is 2.06. The zero-order chi connectivity index (χ0) is 9.42. The van der Waals surface area contributed by atoms with Crippen LogP contribution in [0.1, 0.15) is 24.5 Å². The first-order valence-corrected chi connectivity index (χ1v) is 5.80. The lowest BCUT2D eigenvalue weighted by atomic mass is 9.96. The number of hydrogen-bond acceptors (Lipinski definition) is 1. The van der Waals surface area contributed by atoms with Crippen LogP contribution in [0.2, 0.25) is 0 Å². The van der Waals surface area contributed by atoms with Crippen molar-refractivity contribution in [1.29, 1.82) is 0 Å². The third-order valence-electron chi connectivity index (χ3n) is 2.62. The SMILES string of the molecule is Cc1cc(I)cc2c1NC(C)CC2. The molecule has 0 bridgehead atoms. The van der Waals surface area contributed by atoms with E-state index in [9.17, 15) is 0 Å². The van der Waals surface area contributed by atoms with Crippen molar-refractivity contribution in [2.24, 2.45) is 0 Å². The summed E-state index contributed by atoms with van der Waals surface area (Å²) in [6.45, 7) is 4.44. The third-order valence-corrected chi connectivity index (χ3v) is 3.24. The Kier molecular flexibility index (Phi) is 2.49. The maximum atomic E-state index is 3.55. The maximum absolute atomic E-state index is 3.55. The van der Waals surface area contributed by atoms with E-state index < -0.39 is 0 Å². The monoisotopic (exact) mass is 287 g/mol. The van der Waals surface area contributed by atoms with Crippen LogP contribution < -0.4 is 5.32 Å². The van der Waals surface area contributed by atoms with Crippen LogP contribution in [0.5, 0.6) is 0 Å². The second kappa shape index (κ2) is 3.48. The van der Waals surface area contributed by atoms with Crippen molar-refractivity contribution in [3.05, 3.63) is 26.8 Å². The third kappa shape index (κ3) is 1.82. The fourth-order valence-corrected chi connectivity index (χ4v) is 2.75. The van der Waals surface area contributed by atoms with Crippen LogP contribution in [0.3, 0.4) is 0 Å². The van der Waals surface area contributed by atoms with Crippen LogP contribution in [0.25, 0.3) is 0 Å². The van der Waals surface area contributed by atoms with Gasteiger partial charge in [0.15, 0.2) is 0 Å². The van der Waals surface area contributed by atoms with Crippen molar-refractivity contribution in [3.63, 3.8) is 0 Å². The summed E-state index contributed by atoms with van der Waals surface area (Å²) in [4.78, 5) is 0. The number of rotatable bonds is 0. The molecule has 0 saturated carbocycles. The minimum Gasteiger partial charge on any atom is -0.382 e. The molecule has 1 atom stereocenters. The van der Waals surface area contributed by atoms with Gasteiger partial charge in [0.25, 0.3) is 0 Å². The molecule has 1 aliphatic rings. The fraction of sp³-hybridized carbons (Fsp3) is 0.455. The molecule has 0 amide bonds. The van der Waals surface area contributed by atoms with E-state index in [1.165, 1.54) is 33.2 Å². The molecule has 70 valence electrons. The second-order valence-electron chi connectivity index (χ2n) is 3.84. The largest absolute Gasteiger partial charge is 0.382 e. The number of aryl methyl sites for hydroxylation is 2. The van der Waals surface area contributed by atoms with Gasteiger partial charge in [-0.05, 0) is 72.5 Å². The molecule has 1 aliphatic heterocycles. The van der Waals surface area contributed by atoms with Crippen LogP contribution in [-0.2, 0) is 6.42 Å². The Morgan fingerprint density at radius 3 is 3.00 bits per heavy atom. The zero-order valence-electron chi connectivity index (χ0n) is 8.02. The normalized spacial score (nSPS) is 20.7. The van der Waals surface area contributed by atoms with E-state index in [2.05, 4.69) is 53.9 Å². The van der Waals surface area contributed by atoms with Gasteiger partial charge < -0.3 is 5.32 Å². The van der Waals surface area contributed by atoms with Crippen molar-refractivity contribution < 1.29 is 0 Å². The second-order valence-corrected chi connectivity index (χ2v) is 5.09. The number of hydrogen-bond donors (Lipinski definition) is 1. The summed E-state index contributed by atoms with van der Waals surface area (Å²) in [6, 6.07) is 5.16. The van der Waals surface area contributed by atoms with Gasteiger partial charge in [-0.25, -0.2) is 0 Å². The summed E-state index contributed by atoms with van der Waals surface area (Å²) < 4.78 is 1.35. The van der Waals surface area contributed by atoms with Crippen molar-refractivity contribution in [2.45, 2.75) is 32.7 Å². The highest BCUT2D eigenvalue weighted by Gasteiger charge is 2.15. The molecule has 13 heavy (non-hydrogen) atoms. The van der Waals surface area contributed by atoms with Crippen LogP contribution >= 0.6 is 22.6 Å². The molecule has 0 radical (unpaired) electrons. The van der Waals surface area contributed by atoms with Gasteiger partial charge in [-0.15, -0.1) is 0 Å². The van der Waals surface area contributed by atoms with Crippen molar-refractivity contribution >= 4 is 28.3 Å². The first kappa shape index (κ1) is 9.31. The topological polar surface area (TPSA) is 12.0 Å². The summed E-state index contributed by atoms with van der Waals surface area (Å²) in [5, 5.41) is 3.55. The molecule has 1 aromatic rings. The molecular formula is C11H14IN. The molecule has 1 heterocycles. The van der Waals surface area contributed by atoms with Crippen LogP contribution in [-0.4, -0.2) is 6.04 Å². The molecule has 1 nitrogen and oxygen atoms in total. The molecular weight excluding hydrogens is 273 g/mol. The number of halogens is 1. The van der Waals surface area contributed by atoms with Crippen molar-refractivity contribution in [1.82, 2.24) is 0 Å². The van der Waals surface area contributed by atoms with E-state index in [4.69, 9.17) is 0 Å². The Hall–Kier alpha value is -0.250. The molecule has 2 rings (SSSR count). The van der Waals surface area contributed by atoms with Gasteiger partial charge in [0.1, 0.15) is 0 Å². The van der Waals surface area contributed by atoms with Gasteiger partial charge in [0.05, 0.1) is 0 Å². The molecule has 1 unspecified atom stereocenters. The predicted octanol–water partition coefficient (Wildman–Crippen LogP) is 3.35. The van der Waals surface area contributed by atoms with E-state index >= 15 is 0 Å². The van der Waals surface area contributed by atoms with E-state index in [1.54, 1.807) is 0 Å². The number of anilines is 1. The standard InChI is InChI=1S/C11H14IN/c1-7-5-10(12)6-9-4-3-8(2)13-11(7)9/h5-6,8,13H,3-4H2,1-2H3. The smallest absolute Gasteiger partial charge is 0.0405 e. The quantitative estimate of drug-likeness (QED) is 0.722. The minimum absolute atomic E-state index is 0.631. The van der Waals surface area contributed by atoms with Crippen LogP contribution in [0.4, 0.5) is 5.69 Å². The maximum Gasteiger partial charge on any atom is 0.0405 e. The Labute approximate surface area is 93.1 Å². The lowest BCUT2D eigenvalue weighted by Crippen LogP contribution is -2.22. The lowest BCUT2D eigenvalue weighted by Gasteiger charge is -2.26. The minimum atomic E-state index is 0.631. The number of fused-ring (bicyclic) bond motifs is 1. The van der Waals surface area contributed by atoms with Crippen molar-refractivity contribution in [2.75, 3.05) is 5.32 Å². The van der Waals surface area contributed by atoms with E-state index in [0.717, 1.165) is 0 Å². The Morgan fingerprint density at radius 1 is 1.46 bits per heavy atom. The highest BCUT2D eigenvalue weighted by Crippen LogP contribution is 2.29. The van der Waals surface area contributed by atoms with Crippen LogP contribution in [0, 0.1) is 10.5 Å². The molecule has 0 spiro atoms. The molecule has 1 aromatic carbocycles. The number of nitrogens with one attached hydrogen (secondary N) is 1. The first-order valence-electron chi connectivity index (χ1n) is 4.72. The van der Waals surface area contributed by atoms with Gasteiger partial charge >= 0.3 is 0 Å². The molecule has 2 heteroatoms. The first-order chi connectivity index (χ1) is 6.16. The van der Waals surface area contributed by atoms with Gasteiger partial charge in [-0.3, -0.25) is 0 Å². The highest BCUT2D eigenvalue weighted by molar-refractivity contribution is 14.1. The summed E-state index contributed by atoms with van der Waals surface area (Å²) in [5.41, 5.74) is 4.25. The molecule has 1 N–H and O–H groups in total. The van der Waals surface area contributed by atoms with Gasteiger partial charge in [0.2, 0.25) is 0 Å². The lowest BCUT2D eigenvalue weighted by molar-refractivity contribution is 0.679. The molecule has 0 fully saturated rings. The summed E-state index contributed by atoms with van der Waals surface area (Å²) in [6.07, 6.45) is 2.48. The van der Waals surface area contributed by atoms with Gasteiger partial charge in [0, 0.05) is 15.3 Å². The number of benzene rings is 1. The summed E-state index contributed by atoms with van der Waals surface area (Å²) in [7, 11) is 0. The zero-order valence-corrected chi connectivity index (χ0v) is 10.2. The molecule has 0 aromatic heterocycles. The Bertz CT molecular complexity index is 333. The predicted molar refractivity (Wildman–Crippen MR) is 65.3 cm³/mol.